The number of aliphatic imine (C=N–C) groups is 1. The number of hydrogen-bond donors (Lipinski definition) is 2. The van der Waals surface area contributed by atoms with Crippen LogP contribution in [0.3, 0.4) is 0 Å². The van der Waals surface area contributed by atoms with Crippen LogP contribution in [0.15, 0.2) is 4.99 Å². The van der Waals surface area contributed by atoms with Gasteiger partial charge >= 0.3 is 0 Å². The molecule has 1 saturated heterocycles. The molecule has 0 amide bonds. The van der Waals surface area contributed by atoms with Crippen molar-refractivity contribution >= 4 is 15.8 Å². The lowest BCUT2D eigenvalue weighted by Gasteiger charge is -2.51. The van der Waals surface area contributed by atoms with E-state index in [0.717, 1.165) is 30.6 Å². The third kappa shape index (κ3) is 4.00. The van der Waals surface area contributed by atoms with Crippen LogP contribution in [-0.2, 0) is 14.6 Å². The molecule has 6 nitrogen and oxygen atoms in total. The SMILES string of the molecule is COC1CC(NC(=NCC2CCS(=O)(=O)C2)NC2CC3CCC2C3)C1(C)C. The Kier molecular flexibility index (Phi) is 5.21. The molecule has 0 spiro atoms. The number of nitrogens with one attached hydrogen (secondary N) is 2. The maximum Gasteiger partial charge on any atom is 0.191 e. The average Bonchev–Trinajstić information content (AvgIpc) is 3.31. The molecule has 27 heavy (non-hydrogen) atoms. The first-order valence-electron chi connectivity index (χ1n) is 10.6. The Morgan fingerprint density at radius 1 is 1.15 bits per heavy atom. The van der Waals surface area contributed by atoms with E-state index >= 15 is 0 Å². The second-order valence-electron chi connectivity index (χ2n) is 9.86. The van der Waals surface area contributed by atoms with Gasteiger partial charge in [0.1, 0.15) is 0 Å². The molecule has 6 unspecified atom stereocenters. The number of fused-ring (bicyclic) bond motifs is 2. The number of hydrogen-bond acceptors (Lipinski definition) is 4. The third-order valence-electron chi connectivity index (χ3n) is 7.67. The highest BCUT2D eigenvalue weighted by Crippen LogP contribution is 2.45. The third-order valence-corrected chi connectivity index (χ3v) is 9.50. The van der Waals surface area contributed by atoms with Crippen molar-refractivity contribution in [2.24, 2.45) is 28.2 Å². The van der Waals surface area contributed by atoms with E-state index in [1.807, 2.05) is 0 Å². The summed E-state index contributed by atoms with van der Waals surface area (Å²) >= 11 is 0. The maximum absolute atomic E-state index is 11.7. The van der Waals surface area contributed by atoms with Crippen LogP contribution >= 0.6 is 0 Å². The molecule has 2 N–H and O–H groups in total. The minimum atomic E-state index is -2.85. The van der Waals surface area contributed by atoms with Crippen LogP contribution in [0, 0.1) is 23.2 Å². The molecular weight excluding hydrogens is 362 g/mol. The van der Waals surface area contributed by atoms with Crippen LogP contribution < -0.4 is 10.6 Å². The summed E-state index contributed by atoms with van der Waals surface area (Å²) in [4.78, 5) is 4.85. The fourth-order valence-electron chi connectivity index (χ4n) is 5.66. The Hall–Kier alpha value is -0.820. The summed E-state index contributed by atoms with van der Waals surface area (Å²) in [5.41, 5.74) is 0.0720. The van der Waals surface area contributed by atoms with Crippen LogP contribution in [-0.4, -0.2) is 57.7 Å². The first-order chi connectivity index (χ1) is 12.8. The molecule has 154 valence electrons. The van der Waals surface area contributed by atoms with E-state index in [0.29, 0.717) is 30.1 Å². The van der Waals surface area contributed by atoms with Crippen LogP contribution in [0.25, 0.3) is 0 Å². The first-order valence-corrected chi connectivity index (χ1v) is 12.4. The van der Waals surface area contributed by atoms with Crippen molar-refractivity contribution in [3.63, 3.8) is 0 Å². The van der Waals surface area contributed by atoms with Gasteiger partial charge in [-0.1, -0.05) is 20.3 Å². The monoisotopic (exact) mass is 397 g/mol. The molecule has 4 rings (SSSR count). The zero-order chi connectivity index (χ0) is 19.2. The normalized spacial score (nSPS) is 42.1. The zero-order valence-corrected chi connectivity index (χ0v) is 17.7. The maximum atomic E-state index is 11.7. The summed E-state index contributed by atoms with van der Waals surface area (Å²) in [6.07, 6.45) is 7.32. The smallest absolute Gasteiger partial charge is 0.191 e. The molecule has 3 aliphatic carbocycles. The molecule has 3 saturated carbocycles. The predicted molar refractivity (Wildman–Crippen MR) is 108 cm³/mol. The molecule has 2 bridgehead atoms. The molecule has 0 radical (unpaired) electrons. The van der Waals surface area contributed by atoms with Crippen molar-refractivity contribution < 1.29 is 13.2 Å². The highest BCUT2D eigenvalue weighted by atomic mass is 32.2. The summed E-state index contributed by atoms with van der Waals surface area (Å²) in [6.45, 7) is 5.07. The molecule has 0 aromatic heterocycles. The van der Waals surface area contributed by atoms with E-state index < -0.39 is 9.84 Å². The Balaban J connectivity index is 1.41. The highest BCUT2D eigenvalue weighted by molar-refractivity contribution is 7.91. The lowest BCUT2D eigenvalue weighted by atomic mass is 9.64. The van der Waals surface area contributed by atoms with Crippen molar-refractivity contribution in [3.8, 4) is 0 Å². The quantitative estimate of drug-likeness (QED) is 0.548. The number of rotatable bonds is 5. The molecule has 1 aliphatic heterocycles. The second kappa shape index (κ2) is 7.21. The van der Waals surface area contributed by atoms with Crippen LogP contribution in [0.2, 0.25) is 0 Å². The van der Waals surface area contributed by atoms with E-state index in [1.165, 1.54) is 25.7 Å². The van der Waals surface area contributed by atoms with Gasteiger partial charge in [-0.25, -0.2) is 8.42 Å². The van der Waals surface area contributed by atoms with Gasteiger partial charge in [0, 0.05) is 31.2 Å². The van der Waals surface area contributed by atoms with Crippen molar-refractivity contribution in [2.75, 3.05) is 25.2 Å². The summed E-state index contributed by atoms with van der Waals surface area (Å²) < 4.78 is 29.1. The van der Waals surface area contributed by atoms with Gasteiger partial charge in [0.25, 0.3) is 0 Å². The highest BCUT2D eigenvalue weighted by Gasteiger charge is 2.49. The van der Waals surface area contributed by atoms with Gasteiger partial charge < -0.3 is 15.4 Å². The van der Waals surface area contributed by atoms with E-state index in [9.17, 15) is 8.42 Å². The fraction of sp³-hybridized carbons (Fsp3) is 0.950. The molecule has 6 atom stereocenters. The van der Waals surface area contributed by atoms with Crippen molar-refractivity contribution in [1.29, 1.82) is 0 Å². The fourth-order valence-corrected chi connectivity index (χ4v) is 7.51. The molecule has 7 heteroatoms. The van der Waals surface area contributed by atoms with Crippen molar-refractivity contribution in [1.82, 2.24) is 10.6 Å². The Morgan fingerprint density at radius 2 is 1.96 bits per heavy atom. The number of ether oxygens (including phenoxy) is 1. The second-order valence-corrected chi connectivity index (χ2v) is 12.1. The summed E-state index contributed by atoms with van der Waals surface area (Å²) in [6, 6.07) is 0.850. The molecule has 0 aromatic rings. The number of nitrogens with zero attached hydrogens (tertiary/aromatic N) is 1. The average molecular weight is 398 g/mol. The molecule has 4 aliphatic rings. The van der Waals surface area contributed by atoms with E-state index in [-0.39, 0.29) is 17.4 Å². The van der Waals surface area contributed by atoms with Gasteiger partial charge in [-0.3, -0.25) is 4.99 Å². The number of methoxy groups -OCH3 is 1. The molecule has 0 aromatic carbocycles. The molecular formula is C20H35N3O3S. The zero-order valence-electron chi connectivity index (χ0n) is 16.9. The minimum absolute atomic E-state index is 0.0720. The van der Waals surface area contributed by atoms with Gasteiger partial charge in [0.15, 0.2) is 15.8 Å². The van der Waals surface area contributed by atoms with E-state index in [1.54, 1.807) is 7.11 Å². The number of guanidine groups is 1. The standard InChI is InChI=1S/C20H35N3O3S/c1-20(2)17(10-18(20)26-3)23-19(21-11-14-6-7-27(24,25)12-14)22-16-9-13-4-5-15(16)8-13/h13-18H,4-12H2,1-3H3,(H2,21,22,23). The Bertz CT molecular complexity index is 691. The van der Waals surface area contributed by atoms with Gasteiger partial charge in [-0.15, -0.1) is 0 Å². The lowest BCUT2D eigenvalue weighted by molar-refractivity contribution is -0.0923. The van der Waals surface area contributed by atoms with Crippen LogP contribution in [0.1, 0.15) is 52.4 Å². The summed E-state index contributed by atoms with van der Waals surface area (Å²) in [5.74, 6) is 3.31. The van der Waals surface area contributed by atoms with Gasteiger partial charge in [-0.05, 0) is 49.9 Å². The van der Waals surface area contributed by atoms with Crippen LogP contribution in [0.4, 0.5) is 0 Å². The van der Waals surface area contributed by atoms with Gasteiger partial charge in [0.2, 0.25) is 0 Å². The topological polar surface area (TPSA) is 79.8 Å². The molecule has 4 fully saturated rings. The predicted octanol–water partition coefficient (Wildman–Crippen LogP) is 1.96. The van der Waals surface area contributed by atoms with Crippen molar-refractivity contribution in [2.45, 2.75) is 70.6 Å². The number of sulfone groups is 1. The van der Waals surface area contributed by atoms with E-state index in [2.05, 4.69) is 24.5 Å². The Labute approximate surface area is 163 Å². The molecule has 1 heterocycles. The van der Waals surface area contributed by atoms with Crippen molar-refractivity contribution in [3.05, 3.63) is 0 Å². The summed E-state index contributed by atoms with van der Waals surface area (Å²) in [5, 5.41) is 7.36. The summed E-state index contributed by atoms with van der Waals surface area (Å²) in [7, 11) is -1.06. The first kappa shape index (κ1) is 19.5. The van der Waals surface area contributed by atoms with Gasteiger partial charge in [0.05, 0.1) is 17.6 Å². The van der Waals surface area contributed by atoms with Gasteiger partial charge in [-0.2, -0.15) is 0 Å². The van der Waals surface area contributed by atoms with E-state index in [4.69, 9.17) is 9.73 Å². The largest absolute Gasteiger partial charge is 0.381 e. The minimum Gasteiger partial charge on any atom is -0.381 e. The Morgan fingerprint density at radius 3 is 2.52 bits per heavy atom. The van der Waals surface area contributed by atoms with Crippen LogP contribution in [0.5, 0.6) is 0 Å². The lowest BCUT2D eigenvalue weighted by Crippen LogP contribution is -2.64.